The van der Waals surface area contributed by atoms with Gasteiger partial charge in [-0.3, -0.25) is 4.57 Å². The number of nitrogens with zero attached hydrogens (tertiary/aromatic N) is 6. The van der Waals surface area contributed by atoms with Crippen molar-refractivity contribution >= 4 is 22.9 Å². The Bertz CT molecular complexity index is 792. The smallest absolute Gasteiger partial charge is 0.272 e. The summed E-state index contributed by atoms with van der Waals surface area (Å²) in [5.74, 6) is 0.203. The molecule has 142 valence electrons. The number of rotatable bonds is 6. The maximum Gasteiger partial charge on any atom is 0.272 e. The Morgan fingerprint density at radius 3 is 2.62 bits per heavy atom. The molecular formula is C15H23N7O4. The zero-order valence-electron chi connectivity index (χ0n) is 14.6. The van der Waals surface area contributed by atoms with Gasteiger partial charge in [-0.2, -0.15) is 15.1 Å². The summed E-state index contributed by atoms with van der Waals surface area (Å²) in [7, 11) is 0. The summed E-state index contributed by atoms with van der Waals surface area (Å²) in [5.41, 5.74) is 6.55. The van der Waals surface area contributed by atoms with Gasteiger partial charge in [0.2, 0.25) is 0 Å². The Morgan fingerprint density at radius 1 is 1.27 bits per heavy atom. The SMILES string of the molecule is CCC(CC)N=Nc1nc(N)c2ncn(C3O[C@H](CO)[C@@H](O)[C@H]3O)c2n1. The van der Waals surface area contributed by atoms with E-state index in [0.29, 0.717) is 11.2 Å². The highest BCUT2D eigenvalue weighted by Crippen LogP contribution is 2.32. The van der Waals surface area contributed by atoms with Gasteiger partial charge >= 0.3 is 0 Å². The largest absolute Gasteiger partial charge is 0.394 e. The van der Waals surface area contributed by atoms with Crippen molar-refractivity contribution in [1.29, 1.82) is 0 Å². The summed E-state index contributed by atoms with van der Waals surface area (Å²) in [5, 5.41) is 37.7. The van der Waals surface area contributed by atoms with Crippen LogP contribution in [0.1, 0.15) is 32.9 Å². The van der Waals surface area contributed by atoms with Gasteiger partial charge in [0.25, 0.3) is 5.95 Å². The van der Waals surface area contributed by atoms with Crippen molar-refractivity contribution in [3.05, 3.63) is 6.33 Å². The fourth-order valence-corrected chi connectivity index (χ4v) is 2.85. The minimum atomic E-state index is -1.25. The second-order valence-electron chi connectivity index (χ2n) is 6.15. The Kier molecular flexibility index (Phi) is 5.41. The summed E-state index contributed by atoms with van der Waals surface area (Å²) in [6, 6.07) is 0.0703. The number of anilines is 1. The lowest BCUT2D eigenvalue weighted by molar-refractivity contribution is -0.0511. The zero-order chi connectivity index (χ0) is 18.8. The van der Waals surface area contributed by atoms with Crippen LogP contribution in [0.25, 0.3) is 11.2 Å². The van der Waals surface area contributed by atoms with Crippen LogP contribution in [0.5, 0.6) is 0 Å². The topological polar surface area (TPSA) is 164 Å². The highest BCUT2D eigenvalue weighted by Gasteiger charge is 2.44. The molecule has 3 rings (SSSR count). The molecule has 11 nitrogen and oxygen atoms in total. The second kappa shape index (κ2) is 7.58. The van der Waals surface area contributed by atoms with E-state index in [0.717, 1.165) is 12.8 Å². The average Bonchev–Trinajstić information content (AvgIpc) is 3.18. The van der Waals surface area contributed by atoms with Crippen LogP contribution in [-0.4, -0.2) is 65.8 Å². The molecule has 0 spiro atoms. The van der Waals surface area contributed by atoms with Crippen molar-refractivity contribution in [2.75, 3.05) is 12.3 Å². The van der Waals surface area contributed by atoms with E-state index >= 15 is 0 Å². The first-order chi connectivity index (χ1) is 12.5. The number of ether oxygens (including phenoxy) is 1. The first-order valence-corrected chi connectivity index (χ1v) is 8.53. The molecule has 2 aromatic heterocycles. The number of hydrogen-bond donors (Lipinski definition) is 4. The highest BCUT2D eigenvalue weighted by atomic mass is 16.6. The van der Waals surface area contributed by atoms with Crippen LogP contribution in [0, 0.1) is 0 Å². The summed E-state index contributed by atoms with van der Waals surface area (Å²) in [4.78, 5) is 12.5. The van der Waals surface area contributed by atoms with Crippen LogP contribution in [-0.2, 0) is 4.74 Å². The lowest BCUT2D eigenvalue weighted by Crippen LogP contribution is -2.33. The maximum atomic E-state index is 10.2. The molecule has 1 aliphatic heterocycles. The summed E-state index contributed by atoms with van der Waals surface area (Å²) >= 11 is 0. The van der Waals surface area contributed by atoms with E-state index in [1.807, 2.05) is 13.8 Å². The molecule has 2 aromatic rings. The fourth-order valence-electron chi connectivity index (χ4n) is 2.85. The second-order valence-corrected chi connectivity index (χ2v) is 6.15. The molecule has 0 aliphatic carbocycles. The third kappa shape index (κ3) is 3.26. The first kappa shape index (κ1) is 18.6. The molecular weight excluding hydrogens is 342 g/mol. The molecule has 0 bridgehead atoms. The van der Waals surface area contributed by atoms with Gasteiger partial charge in [0, 0.05) is 0 Å². The lowest BCUT2D eigenvalue weighted by Gasteiger charge is -2.16. The number of nitrogen functional groups attached to an aromatic ring is 1. The summed E-state index contributed by atoms with van der Waals surface area (Å²) in [6.07, 6.45) is -1.27. The molecule has 3 heterocycles. The van der Waals surface area contributed by atoms with Gasteiger partial charge < -0.3 is 25.8 Å². The molecule has 4 atom stereocenters. The highest BCUT2D eigenvalue weighted by molar-refractivity contribution is 5.82. The third-order valence-electron chi connectivity index (χ3n) is 4.48. The number of azo groups is 1. The van der Waals surface area contributed by atoms with E-state index in [-0.39, 0.29) is 17.8 Å². The molecule has 0 saturated carbocycles. The summed E-state index contributed by atoms with van der Waals surface area (Å²) in [6.45, 7) is 3.61. The molecule has 26 heavy (non-hydrogen) atoms. The van der Waals surface area contributed by atoms with Gasteiger partial charge in [-0.05, 0) is 12.8 Å². The Morgan fingerprint density at radius 2 is 2.00 bits per heavy atom. The van der Waals surface area contributed by atoms with Crippen molar-refractivity contribution in [3.63, 3.8) is 0 Å². The molecule has 1 aliphatic rings. The van der Waals surface area contributed by atoms with Gasteiger partial charge in [-0.1, -0.05) is 13.8 Å². The van der Waals surface area contributed by atoms with E-state index in [1.54, 1.807) is 0 Å². The van der Waals surface area contributed by atoms with Crippen LogP contribution in [0.2, 0.25) is 0 Å². The zero-order valence-corrected chi connectivity index (χ0v) is 14.6. The fraction of sp³-hybridized carbons (Fsp3) is 0.667. The summed E-state index contributed by atoms with van der Waals surface area (Å²) < 4.78 is 6.96. The molecule has 1 fully saturated rings. The van der Waals surface area contributed by atoms with Gasteiger partial charge in [0.05, 0.1) is 19.0 Å². The van der Waals surface area contributed by atoms with Gasteiger partial charge in [-0.25, -0.2) is 4.98 Å². The minimum absolute atomic E-state index is 0.0703. The minimum Gasteiger partial charge on any atom is -0.394 e. The standard InChI is InChI=1S/C15H23N7O4/c1-3-7(4-2)20-21-15-18-12(16)9-13(19-15)22(6-17-9)14-11(25)10(24)8(5-23)26-14/h6-8,10-11,14,23-25H,3-5H2,1-2H3,(H2,16,18,19)/t8-,10-,11-,14?/m1/s1. The molecule has 0 amide bonds. The van der Waals surface area contributed by atoms with Gasteiger partial charge in [0.15, 0.2) is 17.7 Å². The predicted molar refractivity (Wildman–Crippen MR) is 91.6 cm³/mol. The number of imidazole rings is 1. The monoisotopic (exact) mass is 365 g/mol. The van der Waals surface area contributed by atoms with E-state index in [9.17, 15) is 15.3 Å². The third-order valence-corrected chi connectivity index (χ3v) is 4.48. The van der Waals surface area contributed by atoms with Crippen molar-refractivity contribution < 1.29 is 20.1 Å². The maximum absolute atomic E-state index is 10.2. The van der Waals surface area contributed by atoms with Gasteiger partial charge in [0.1, 0.15) is 23.8 Å². The predicted octanol–water partition coefficient (Wildman–Crippen LogP) is 0.292. The lowest BCUT2D eigenvalue weighted by atomic mass is 10.1. The molecule has 0 aromatic carbocycles. The van der Waals surface area contributed by atoms with Crippen LogP contribution < -0.4 is 5.73 Å². The van der Waals surface area contributed by atoms with Gasteiger partial charge in [-0.15, -0.1) is 5.11 Å². The first-order valence-electron chi connectivity index (χ1n) is 8.53. The van der Waals surface area contributed by atoms with Crippen LogP contribution in [0.3, 0.4) is 0 Å². The molecule has 1 unspecified atom stereocenters. The number of nitrogens with two attached hydrogens (primary N) is 1. The van der Waals surface area contributed by atoms with Crippen LogP contribution >= 0.6 is 0 Å². The van der Waals surface area contributed by atoms with Crippen molar-refractivity contribution in [1.82, 2.24) is 19.5 Å². The Balaban J connectivity index is 1.98. The number of hydrogen-bond acceptors (Lipinski definition) is 10. The number of aliphatic hydroxyl groups excluding tert-OH is 3. The van der Waals surface area contributed by atoms with Crippen molar-refractivity contribution in [2.24, 2.45) is 10.2 Å². The Labute approximate surface area is 149 Å². The Hall–Kier alpha value is -2.21. The van der Waals surface area contributed by atoms with E-state index in [1.165, 1.54) is 10.9 Å². The number of fused-ring (bicyclic) bond motifs is 1. The molecule has 11 heteroatoms. The van der Waals surface area contributed by atoms with E-state index in [4.69, 9.17) is 10.5 Å². The quantitative estimate of drug-likeness (QED) is 0.530. The van der Waals surface area contributed by atoms with Crippen LogP contribution in [0.15, 0.2) is 16.6 Å². The molecule has 5 N–H and O–H groups in total. The van der Waals surface area contributed by atoms with E-state index in [2.05, 4.69) is 25.2 Å². The number of aromatic nitrogens is 4. The average molecular weight is 365 g/mol. The van der Waals surface area contributed by atoms with E-state index < -0.39 is 31.1 Å². The van der Waals surface area contributed by atoms with Crippen molar-refractivity contribution in [2.45, 2.75) is 57.3 Å². The van der Waals surface area contributed by atoms with Crippen LogP contribution in [0.4, 0.5) is 11.8 Å². The number of aliphatic hydroxyl groups is 3. The molecule has 1 saturated heterocycles. The van der Waals surface area contributed by atoms with Crippen molar-refractivity contribution in [3.8, 4) is 0 Å². The normalized spacial score (nSPS) is 26.5. The molecule has 0 radical (unpaired) electrons.